The second kappa shape index (κ2) is 4.04. The van der Waals surface area contributed by atoms with Crippen LogP contribution in [0.3, 0.4) is 0 Å². The zero-order valence-electron chi connectivity index (χ0n) is 8.44. The van der Waals surface area contributed by atoms with Gasteiger partial charge in [0.1, 0.15) is 6.33 Å². The van der Waals surface area contributed by atoms with Crippen molar-refractivity contribution in [2.75, 3.05) is 12.8 Å². The van der Waals surface area contributed by atoms with Crippen molar-refractivity contribution in [1.29, 1.82) is 0 Å². The number of aromatic nitrogens is 2. The highest BCUT2D eigenvalue weighted by Crippen LogP contribution is 2.21. The highest BCUT2D eigenvalue weighted by molar-refractivity contribution is 5.93. The van der Waals surface area contributed by atoms with Gasteiger partial charge in [0, 0.05) is 0 Å². The molecule has 5 nitrogen and oxygen atoms in total. The van der Waals surface area contributed by atoms with Crippen molar-refractivity contribution in [1.82, 2.24) is 9.97 Å². The molecule has 0 atom stereocenters. The predicted octanol–water partition coefficient (Wildman–Crippen LogP) is 0.969. The molecule has 0 aliphatic heterocycles. The molecule has 0 unspecified atom stereocenters. The largest absolute Gasteiger partial charge is 0.464 e. The maximum absolute atomic E-state index is 11.2. The highest BCUT2D eigenvalue weighted by atomic mass is 16.5. The van der Waals surface area contributed by atoms with E-state index in [0.29, 0.717) is 11.4 Å². The normalized spacial score (nSPS) is 10.3. The number of nitrogen functional groups attached to an aromatic ring is 1. The molecule has 1 heterocycles. The molecule has 2 N–H and O–H groups in total. The van der Waals surface area contributed by atoms with E-state index >= 15 is 0 Å². The summed E-state index contributed by atoms with van der Waals surface area (Å²) in [5.74, 6) is -0.381. The number of nitrogens with two attached hydrogens (primary N) is 1. The first-order valence-corrected chi connectivity index (χ1v) is 4.26. The summed E-state index contributed by atoms with van der Waals surface area (Å²) in [5, 5.41) is 0. The van der Waals surface area contributed by atoms with E-state index < -0.39 is 5.97 Å². The molecule has 0 radical (unpaired) electrons. The molecule has 0 aromatic carbocycles. The first-order valence-electron chi connectivity index (χ1n) is 4.26. The Bertz CT molecular complexity index is 350. The predicted molar refractivity (Wildman–Crippen MR) is 51.9 cm³/mol. The monoisotopic (exact) mass is 195 g/mol. The van der Waals surface area contributed by atoms with Gasteiger partial charge in [0.05, 0.1) is 18.5 Å². The summed E-state index contributed by atoms with van der Waals surface area (Å²) in [6, 6.07) is 0. The van der Waals surface area contributed by atoms with Gasteiger partial charge >= 0.3 is 5.97 Å². The topological polar surface area (TPSA) is 78.1 Å². The van der Waals surface area contributed by atoms with E-state index in [9.17, 15) is 4.79 Å². The zero-order valence-corrected chi connectivity index (χ0v) is 8.44. The quantitative estimate of drug-likeness (QED) is 0.711. The molecule has 0 spiro atoms. The number of anilines is 1. The Morgan fingerprint density at radius 1 is 1.50 bits per heavy atom. The Hall–Kier alpha value is -1.65. The number of carbonyl (C=O) groups excluding carboxylic acids is 1. The molecule has 0 amide bonds. The van der Waals surface area contributed by atoms with E-state index in [1.165, 1.54) is 13.4 Å². The van der Waals surface area contributed by atoms with Crippen LogP contribution in [0.15, 0.2) is 6.33 Å². The lowest BCUT2D eigenvalue weighted by Crippen LogP contribution is -2.12. The Labute approximate surface area is 82.3 Å². The first kappa shape index (κ1) is 10.4. The van der Waals surface area contributed by atoms with Gasteiger partial charge in [0.15, 0.2) is 5.69 Å². The van der Waals surface area contributed by atoms with Gasteiger partial charge in [0.2, 0.25) is 0 Å². The van der Waals surface area contributed by atoms with Gasteiger partial charge in [0.25, 0.3) is 0 Å². The minimum absolute atomic E-state index is 0.131. The first-order chi connectivity index (χ1) is 6.57. The van der Waals surface area contributed by atoms with Crippen LogP contribution in [0.5, 0.6) is 0 Å². The molecule has 0 fully saturated rings. The number of carbonyl (C=O) groups is 1. The highest BCUT2D eigenvalue weighted by Gasteiger charge is 2.16. The lowest BCUT2D eigenvalue weighted by atomic mass is 10.1. The molecule has 0 bridgehead atoms. The van der Waals surface area contributed by atoms with Crippen LogP contribution in [0.1, 0.15) is 35.9 Å². The van der Waals surface area contributed by atoms with Gasteiger partial charge < -0.3 is 10.5 Å². The smallest absolute Gasteiger partial charge is 0.358 e. The number of ether oxygens (including phenoxy) is 1. The fraction of sp³-hybridized carbons (Fsp3) is 0.444. The summed E-state index contributed by atoms with van der Waals surface area (Å²) in [6.45, 7) is 3.89. The van der Waals surface area contributed by atoms with Gasteiger partial charge in [-0.2, -0.15) is 0 Å². The van der Waals surface area contributed by atoms with Crippen LogP contribution in [0.2, 0.25) is 0 Å². The second-order valence-electron chi connectivity index (χ2n) is 3.17. The van der Waals surface area contributed by atoms with Crippen LogP contribution < -0.4 is 5.73 Å². The Morgan fingerprint density at radius 2 is 2.14 bits per heavy atom. The van der Waals surface area contributed by atoms with Gasteiger partial charge in [-0.05, 0) is 5.92 Å². The number of hydrogen-bond donors (Lipinski definition) is 1. The number of esters is 1. The van der Waals surface area contributed by atoms with Crippen LogP contribution in [0.25, 0.3) is 0 Å². The SMILES string of the molecule is COC(=O)c1ncnc(C(C)C)c1N. The van der Waals surface area contributed by atoms with Crippen molar-refractivity contribution in [3.8, 4) is 0 Å². The Kier molecular flexibility index (Phi) is 3.01. The summed E-state index contributed by atoms with van der Waals surface area (Å²) in [6.07, 6.45) is 1.32. The van der Waals surface area contributed by atoms with Crippen molar-refractivity contribution in [3.05, 3.63) is 17.7 Å². The molecule has 0 aliphatic rings. The fourth-order valence-corrected chi connectivity index (χ4v) is 1.13. The van der Waals surface area contributed by atoms with E-state index in [1.54, 1.807) is 0 Å². The summed E-state index contributed by atoms with van der Waals surface area (Å²) >= 11 is 0. The maximum atomic E-state index is 11.2. The van der Waals surface area contributed by atoms with Crippen molar-refractivity contribution in [2.24, 2.45) is 0 Å². The standard InChI is InChI=1S/C9H13N3O2/c1-5(2)7-6(10)8(9(13)14-3)12-4-11-7/h4-5H,10H2,1-3H3. The second-order valence-corrected chi connectivity index (χ2v) is 3.17. The average molecular weight is 195 g/mol. The number of rotatable bonds is 2. The summed E-state index contributed by atoms with van der Waals surface area (Å²) in [5.41, 5.74) is 6.83. The van der Waals surface area contributed by atoms with Crippen molar-refractivity contribution >= 4 is 11.7 Å². The van der Waals surface area contributed by atoms with Crippen molar-refractivity contribution < 1.29 is 9.53 Å². The minimum Gasteiger partial charge on any atom is -0.464 e. The third-order valence-electron chi connectivity index (χ3n) is 1.84. The molecular formula is C9H13N3O2. The van der Waals surface area contributed by atoms with E-state index in [2.05, 4.69) is 14.7 Å². The molecule has 1 rings (SSSR count). The summed E-state index contributed by atoms with van der Waals surface area (Å²) < 4.78 is 4.54. The van der Waals surface area contributed by atoms with Crippen LogP contribution in [0, 0.1) is 0 Å². The van der Waals surface area contributed by atoms with Gasteiger partial charge in [-0.15, -0.1) is 0 Å². The Morgan fingerprint density at radius 3 is 2.64 bits per heavy atom. The maximum Gasteiger partial charge on any atom is 0.358 e. The van der Waals surface area contributed by atoms with Gasteiger partial charge in [-0.1, -0.05) is 13.8 Å². The molecule has 0 saturated carbocycles. The lowest BCUT2D eigenvalue weighted by Gasteiger charge is -2.09. The molecule has 5 heteroatoms. The summed E-state index contributed by atoms with van der Waals surface area (Å²) in [4.78, 5) is 19.0. The molecule has 0 aliphatic carbocycles. The van der Waals surface area contributed by atoms with Gasteiger partial charge in [-0.3, -0.25) is 0 Å². The van der Waals surface area contributed by atoms with E-state index in [4.69, 9.17) is 5.73 Å². The third kappa shape index (κ3) is 1.81. The molecule has 1 aromatic rings. The van der Waals surface area contributed by atoms with E-state index in [1.807, 2.05) is 13.8 Å². The fourth-order valence-electron chi connectivity index (χ4n) is 1.13. The van der Waals surface area contributed by atoms with Crippen LogP contribution in [-0.2, 0) is 4.74 Å². The van der Waals surface area contributed by atoms with Crippen LogP contribution >= 0.6 is 0 Å². The molecule has 0 saturated heterocycles. The molecular weight excluding hydrogens is 182 g/mol. The number of hydrogen-bond acceptors (Lipinski definition) is 5. The summed E-state index contributed by atoms with van der Waals surface area (Å²) in [7, 11) is 1.29. The van der Waals surface area contributed by atoms with Crippen molar-refractivity contribution in [3.63, 3.8) is 0 Å². The molecule has 1 aromatic heterocycles. The van der Waals surface area contributed by atoms with Crippen LogP contribution in [-0.4, -0.2) is 23.0 Å². The lowest BCUT2D eigenvalue weighted by molar-refractivity contribution is 0.0595. The van der Waals surface area contributed by atoms with Crippen LogP contribution in [0.4, 0.5) is 5.69 Å². The van der Waals surface area contributed by atoms with E-state index in [0.717, 1.165) is 0 Å². The molecule has 14 heavy (non-hydrogen) atoms. The zero-order chi connectivity index (χ0) is 10.7. The molecule has 76 valence electrons. The van der Waals surface area contributed by atoms with Gasteiger partial charge in [-0.25, -0.2) is 14.8 Å². The minimum atomic E-state index is -0.535. The van der Waals surface area contributed by atoms with Crippen molar-refractivity contribution in [2.45, 2.75) is 19.8 Å². The van der Waals surface area contributed by atoms with E-state index in [-0.39, 0.29) is 11.6 Å². The third-order valence-corrected chi connectivity index (χ3v) is 1.84. The number of methoxy groups -OCH3 is 1. The average Bonchev–Trinajstić information content (AvgIpc) is 2.16. The number of nitrogens with zero attached hydrogens (tertiary/aromatic N) is 2. The Balaban J connectivity index is 3.20.